The fourth-order valence-electron chi connectivity index (χ4n) is 5.96. The molecule has 8 nitrogen and oxygen atoms in total. The third kappa shape index (κ3) is 39.4. The maximum atomic E-state index is 12.3. The molecular formula is C40H77O8P. The summed E-state index contributed by atoms with van der Waals surface area (Å²) < 4.78 is 26.3. The van der Waals surface area contributed by atoms with Crippen molar-refractivity contribution < 1.29 is 37.9 Å². The molecule has 1 atom stereocenters. The van der Waals surface area contributed by atoms with Gasteiger partial charge in [0.05, 0.1) is 6.61 Å². The molecule has 0 fully saturated rings. The number of unbranched alkanes of at least 4 members (excludes halogenated alkanes) is 26. The zero-order valence-corrected chi connectivity index (χ0v) is 32.8. The highest BCUT2D eigenvalue weighted by Crippen LogP contribution is 2.36. The Labute approximate surface area is 301 Å². The number of rotatable bonds is 38. The van der Waals surface area contributed by atoms with Crippen LogP contribution in [0.1, 0.15) is 213 Å². The number of hydrogen-bond acceptors (Lipinski definition) is 6. The summed E-state index contributed by atoms with van der Waals surface area (Å²) in [5, 5.41) is 0. The molecule has 49 heavy (non-hydrogen) atoms. The maximum Gasteiger partial charge on any atom is 0.469 e. The minimum absolute atomic E-state index is 0.205. The van der Waals surface area contributed by atoms with E-state index in [-0.39, 0.29) is 19.4 Å². The zero-order chi connectivity index (χ0) is 36.1. The average molecular weight is 717 g/mol. The van der Waals surface area contributed by atoms with Gasteiger partial charge in [-0.2, -0.15) is 0 Å². The number of hydrogen-bond donors (Lipinski definition) is 2. The van der Waals surface area contributed by atoms with E-state index in [4.69, 9.17) is 19.3 Å². The smallest absolute Gasteiger partial charge is 0.462 e. The van der Waals surface area contributed by atoms with Crippen LogP contribution in [0, 0.1) is 0 Å². The number of esters is 2. The molecule has 0 aromatic carbocycles. The van der Waals surface area contributed by atoms with Gasteiger partial charge < -0.3 is 19.3 Å². The van der Waals surface area contributed by atoms with Crippen LogP contribution >= 0.6 is 7.82 Å². The average Bonchev–Trinajstić information content (AvgIpc) is 3.07. The second-order valence-corrected chi connectivity index (χ2v) is 15.2. The molecule has 0 saturated carbocycles. The lowest BCUT2D eigenvalue weighted by Crippen LogP contribution is -2.29. The maximum absolute atomic E-state index is 12.3. The molecule has 0 bridgehead atoms. The molecule has 0 aliphatic heterocycles. The van der Waals surface area contributed by atoms with Gasteiger partial charge in [0.1, 0.15) is 6.61 Å². The highest BCUT2D eigenvalue weighted by molar-refractivity contribution is 7.46. The van der Waals surface area contributed by atoms with Crippen LogP contribution < -0.4 is 0 Å². The van der Waals surface area contributed by atoms with Gasteiger partial charge in [0.25, 0.3) is 0 Å². The van der Waals surface area contributed by atoms with Crippen LogP contribution in [0.5, 0.6) is 0 Å². The Balaban J connectivity index is 3.85. The Morgan fingerprint density at radius 2 is 0.857 bits per heavy atom. The summed E-state index contributed by atoms with van der Waals surface area (Å²) in [6.45, 7) is 3.67. The summed E-state index contributed by atoms with van der Waals surface area (Å²) in [6, 6.07) is 0. The van der Waals surface area contributed by atoms with E-state index in [1.807, 2.05) is 0 Å². The molecule has 0 aromatic rings. The summed E-state index contributed by atoms with van der Waals surface area (Å²) in [4.78, 5) is 42.7. The zero-order valence-electron chi connectivity index (χ0n) is 31.9. The van der Waals surface area contributed by atoms with E-state index >= 15 is 0 Å². The van der Waals surface area contributed by atoms with Crippen molar-refractivity contribution in [1.82, 2.24) is 0 Å². The van der Waals surface area contributed by atoms with Crippen LogP contribution in [0.2, 0.25) is 0 Å². The van der Waals surface area contributed by atoms with Gasteiger partial charge in [-0.25, -0.2) is 4.57 Å². The normalized spacial score (nSPS) is 12.5. The third-order valence-electron chi connectivity index (χ3n) is 9.03. The molecule has 9 heteroatoms. The fraction of sp³-hybridized carbons (Fsp3) is 0.900. The van der Waals surface area contributed by atoms with E-state index in [0.29, 0.717) is 6.42 Å². The number of phosphoric acid groups is 1. The molecule has 290 valence electrons. The summed E-state index contributed by atoms with van der Waals surface area (Å²) in [7, 11) is -4.75. The molecule has 0 aromatic heterocycles. The first kappa shape index (κ1) is 47.8. The lowest BCUT2D eigenvalue weighted by atomic mass is 10.0. The molecule has 0 radical (unpaired) electrons. The van der Waals surface area contributed by atoms with Crippen LogP contribution in [0.4, 0.5) is 0 Å². The van der Waals surface area contributed by atoms with Crippen LogP contribution in [-0.2, 0) is 28.2 Å². The van der Waals surface area contributed by atoms with Crippen LogP contribution in [0.3, 0.4) is 0 Å². The quantitative estimate of drug-likeness (QED) is 0.0280. The van der Waals surface area contributed by atoms with Gasteiger partial charge in [0, 0.05) is 12.8 Å². The van der Waals surface area contributed by atoms with E-state index < -0.39 is 32.5 Å². The summed E-state index contributed by atoms with van der Waals surface area (Å²) in [5.41, 5.74) is 0. The van der Waals surface area contributed by atoms with Gasteiger partial charge >= 0.3 is 19.8 Å². The van der Waals surface area contributed by atoms with Crippen LogP contribution in [0.15, 0.2) is 12.2 Å². The number of ether oxygens (including phenoxy) is 2. The first-order valence-corrected chi connectivity index (χ1v) is 22.0. The number of carbonyl (C=O) groups is 2. The topological polar surface area (TPSA) is 119 Å². The van der Waals surface area contributed by atoms with Gasteiger partial charge in [-0.05, 0) is 38.5 Å². The van der Waals surface area contributed by atoms with Gasteiger partial charge in [0.2, 0.25) is 0 Å². The molecular weight excluding hydrogens is 639 g/mol. The Hall–Kier alpha value is -1.21. The number of phosphoric ester groups is 1. The molecule has 0 saturated heterocycles. The molecule has 2 N–H and O–H groups in total. The van der Waals surface area contributed by atoms with Gasteiger partial charge in [-0.15, -0.1) is 0 Å². The Morgan fingerprint density at radius 3 is 1.29 bits per heavy atom. The fourth-order valence-corrected chi connectivity index (χ4v) is 6.32. The number of allylic oxidation sites excluding steroid dienone is 2. The minimum atomic E-state index is -4.75. The van der Waals surface area contributed by atoms with Crippen molar-refractivity contribution in [2.24, 2.45) is 0 Å². The molecule has 0 aliphatic rings. The predicted octanol–water partition coefficient (Wildman–Crippen LogP) is 12.2. The third-order valence-corrected chi connectivity index (χ3v) is 9.52. The number of carbonyl (C=O) groups excluding carboxylic acids is 2. The van der Waals surface area contributed by atoms with Crippen molar-refractivity contribution >= 4 is 19.8 Å². The van der Waals surface area contributed by atoms with Crippen molar-refractivity contribution in [3.63, 3.8) is 0 Å². The molecule has 0 rings (SSSR count). The molecule has 0 amide bonds. The first-order valence-electron chi connectivity index (χ1n) is 20.5. The monoisotopic (exact) mass is 717 g/mol. The van der Waals surface area contributed by atoms with Crippen molar-refractivity contribution in [2.75, 3.05) is 13.2 Å². The largest absolute Gasteiger partial charge is 0.469 e. The van der Waals surface area contributed by atoms with E-state index in [1.165, 1.54) is 122 Å². The highest BCUT2D eigenvalue weighted by atomic mass is 31.2. The van der Waals surface area contributed by atoms with E-state index in [9.17, 15) is 14.2 Å². The second kappa shape index (κ2) is 36.6. The Bertz CT molecular complexity index is 812. The van der Waals surface area contributed by atoms with Crippen molar-refractivity contribution in [3.8, 4) is 0 Å². The van der Waals surface area contributed by atoms with Crippen LogP contribution in [0.25, 0.3) is 0 Å². The molecule has 0 aliphatic carbocycles. The summed E-state index contributed by atoms with van der Waals surface area (Å²) in [6.07, 6.45) is 39.4. The van der Waals surface area contributed by atoms with Crippen molar-refractivity contribution in [2.45, 2.75) is 219 Å². The standard InChI is InChI=1S/C40H77O8P/c1-3-5-7-9-11-13-15-17-18-19-20-21-22-23-25-26-28-30-32-34-39(41)46-36-38(37-47-49(43,44)45)48-40(42)35-33-31-29-27-24-16-14-12-10-8-6-4-2/h12,14,38H,3-11,13,15-37H2,1-2H3,(H2,43,44,45)/b14-12-. The predicted molar refractivity (Wildman–Crippen MR) is 202 cm³/mol. The van der Waals surface area contributed by atoms with Gasteiger partial charge in [-0.1, -0.05) is 174 Å². The highest BCUT2D eigenvalue weighted by Gasteiger charge is 2.22. The van der Waals surface area contributed by atoms with E-state index in [1.54, 1.807) is 0 Å². The Morgan fingerprint density at radius 1 is 0.510 bits per heavy atom. The summed E-state index contributed by atoms with van der Waals surface area (Å²) in [5.74, 6) is -0.885. The lowest BCUT2D eigenvalue weighted by molar-refractivity contribution is -0.161. The van der Waals surface area contributed by atoms with E-state index in [2.05, 4.69) is 30.5 Å². The second-order valence-electron chi connectivity index (χ2n) is 14.0. The SMILES string of the molecule is CCCCC/C=C\CCCCCCCC(=O)OC(COC(=O)CCCCCCCCCCCCCCCCCCCCC)COP(=O)(O)O. The van der Waals surface area contributed by atoms with Crippen LogP contribution in [-0.4, -0.2) is 41.0 Å². The Kier molecular flexibility index (Phi) is 35.7. The molecule has 1 unspecified atom stereocenters. The lowest BCUT2D eigenvalue weighted by Gasteiger charge is -2.18. The van der Waals surface area contributed by atoms with Crippen molar-refractivity contribution in [3.05, 3.63) is 12.2 Å². The first-order chi connectivity index (χ1) is 23.8. The summed E-state index contributed by atoms with van der Waals surface area (Å²) >= 11 is 0. The van der Waals surface area contributed by atoms with E-state index in [0.717, 1.165) is 57.8 Å². The molecule has 0 heterocycles. The minimum Gasteiger partial charge on any atom is -0.462 e. The molecule has 0 spiro atoms. The van der Waals surface area contributed by atoms with Gasteiger partial charge in [0.15, 0.2) is 6.10 Å². The van der Waals surface area contributed by atoms with Gasteiger partial charge in [-0.3, -0.25) is 14.1 Å². The van der Waals surface area contributed by atoms with Crippen molar-refractivity contribution in [1.29, 1.82) is 0 Å².